The molecule has 0 atom stereocenters. The van der Waals surface area contributed by atoms with Gasteiger partial charge >= 0.3 is 0 Å². The van der Waals surface area contributed by atoms with Gasteiger partial charge in [-0.15, -0.1) is 6.58 Å². The van der Waals surface area contributed by atoms with Gasteiger partial charge in [-0.1, -0.05) is 36.0 Å². The van der Waals surface area contributed by atoms with Gasteiger partial charge in [0.05, 0.1) is 19.8 Å². The van der Waals surface area contributed by atoms with Crippen molar-refractivity contribution < 1.29 is 9.16 Å². The number of benzene rings is 1. The summed E-state index contributed by atoms with van der Waals surface area (Å²) in [4.78, 5) is 0. The van der Waals surface area contributed by atoms with Crippen LogP contribution in [0.5, 0.6) is 0 Å². The summed E-state index contributed by atoms with van der Waals surface area (Å²) in [6, 6.07) is 10.1. The van der Waals surface area contributed by atoms with Gasteiger partial charge in [0.2, 0.25) is 0 Å². The summed E-state index contributed by atoms with van der Waals surface area (Å²) in [5, 5.41) is 0. The van der Waals surface area contributed by atoms with Crippen LogP contribution in [0.1, 0.15) is 5.56 Å². The highest BCUT2D eigenvalue weighted by atomic mass is 28.2. The Kier molecular flexibility index (Phi) is 5.98. The number of ether oxygens (including phenoxy) is 1. The van der Waals surface area contributed by atoms with Crippen molar-refractivity contribution in [2.24, 2.45) is 0 Å². The van der Waals surface area contributed by atoms with Crippen LogP contribution in [-0.2, 0) is 15.8 Å². The molecule has 0 N–H and O–H groups in total. The van der Waals surface area contributed by atoms with E-state index in [-0.39, 0.29) is 0 Å². The highest BCUT2D eigenvalue weighted by Gasteiger charge is 1.91. The highest BCUT2D eigenvalue weighted by Crippen LogP contribution is 1.99. The third kappa shape index (κ3) is 4.96. The quantitative estimate of drug-likeness (QED) is 0.499. The Labute approximate surface area is 87.5 Å². The lowest BCUT2D eigenvalue weighted by atomic mass is 10.2. The van der Waals surface area contributed by atoms with E-state index in [1.165, 1.54) is 5.56 Å². The van der Waals surface area contributed by atoms with Crippen LogP contribution in [0, 0.1) is 0 Å². The lowest BCUT2D eigenvalue weighted by molar-refractivity contribution is 0.0908. The molecule has 0 heterocycles. The van der Waals surface area contributed by atoms with Crippen LogP contribution in [0.3, 0.4) is 0 Å². The first-order valence-corrected chi connectivity index (χ1v) is 6.13. The van der Waals surface area contributed by atoms with Crippen molar-refractivity contribution >= 4 is 9.76 Å². The summed E-state index contributed by atoms with van der Waals surface area (Å²) < 4.78 is 10.7. The smallest absolute Gasteiger partial charge is 0.184 e. The van der Waals surface area contributed by atoms with Crippen molar-refractivity contribution in [1.82, 2.24) is 0 Å². The van der Waals surface area contributed by atoms with Gasteiger partial charge in [-0.05, 0) is 5.56 Å². The molecule has 0 unspecified atom stereocenters. The van der Waals surface area contributed by atoms with Crippen LogP contribution in [0.2, 0.25) is 0 Å². The van der Waals surface area contributed by atoms with Gasteiger partial charge in [0.25, 0.3) is 0 Å². The first-order valence-electron chi connectivity index (χ1n) is 4.74. The van der Waals surface area contributed by atoms with Crippen molar-refractivity contribution in [3.8, 4) is 0 Å². The number of hydrogen-bond acceptors (Lipinski definition) is 2. The molecule has 1 rings (SSSR count). The van der Waals surface area contributed by atoms with Crippen molar-refractivity contribution in [3.63, 3.8) is 0 Å². The van der Waals surface area contributed by atoms with Gasteiger partial charge < -0.3 is 9.16 Å². The van der Waals surface area contributed by atoms with E-state index in [0.29, 0.717) is 19.8 Å². The van der Waals surface area contributed by atoms with Gasteiger partial charge in [-0.25, -0.2) is 0 Å². The van der Waals surface area contributed by atoms with Crippen molar-refractivity contribution in [2.45, 2.75) is 6.61 Å². The molecule has 2 nitrogen and oxygen atoms in total. The Hall–Kier alpha value is -0.903. The zero-order valence-corrected chi connectivity index (χ0v) is 9.73. The van der Waals surface area contributed by atoms with Crippen LogP contribution < -0.4 is 0 Å². The predicted octanol–water partition coefficient (Wildman–Crippen LogP) is 1.45. The molecule has 0 saturated carbocycles. The second-order valence-corrected chi connectivity index (χ2v) is 4.22. The summed E-state index contributed by atoms with van der Waals surface area (Å²) in [5.74, 6) is 0. The minimum atomic E-state index is -0.485. The van der Waals surface area contributed by atoms with Crippen LogP contribution in [0.15, 0.2) is 42.6 Å². The van der Waals surface area contributed by atoms with Crippen LogP contribution in [0.25, 0.3) is 0 Å². The molecule has 0 radical (unpaired) electrons. The molecule has 3 heteroatoms. The van der Waals surface area contributed by atoms with E-state index in [2.05, 4.69) is 18.7 Å². The fourth-order valence-corrected chi connectivity index (χ4v) is 1.50. The molecule has 0 aliphatic heterocycles. The summed E-state index contributed by atoms with van der Waals surface area (Å²) in [7, 11) is -0.485. The molecular formula is C11H16O2Si. The molecule has 0 fully saturated rings. The topological polar surface area (TPSA) is 18.5 Å². The second kappa shape index (κ2) is 7.50. The molecule has 0 spiro atoms. The van der Waals surface area contributed by atoms with Gasteiger partial charge in [0.1, 0.15) is 0 Å². The molecule has 1 aromatic carbocycles. The van der Waals surface area contributed by atoms with Gasteiger partial charge in [-0.2, -0.15) is 0 Å². The van der Waals surface area contributed by atoms with E-state index in [4.69, 9.17) is 9.16 Å². The maximum atomic E-state index is 5.43. The summed E-state index contributed by atoms with van der Waals surface area (Å²) >= 11 is 0. The van der Waals surface area contributed by atoms with E-state index < -0.39 is 9.76 Å². The maximum Gasteiger partial charge on any atom is 0.184 e. The average molecular weight is 208 g/mol. The lowest BCUT2D eigenvalue weighted by Gasteiger charge is -2.04. The Bertz CT molecular complexity index is 249. The van der Waals surface area contributed by atoms with Crippen molar-refractivity contribution in [2.75, 3.05) is 13.2 Å². The molecule has 14 heavy (non-hydrogen) atoms. The molecule has 0 saturated heterocycles. The Morgan fingerprint density at radius 2 is 2.00 bits per heavy atom. The minimum absolute atomic E-state index is 0.485. The fraction of sp³-hybridized carbons (Fsp3) is 0.273. The zero-order valence-electron chi connectivity index (χ0n) is 8.32. The van der Waals surface area contributed by atoms with E-state index in [0.717, 1.165) is 0 Å². The van der Waals surface area contributed by atoms with Gasteiger partial charge in [0.15, 0.2) is 9.76 Å². The monoisotopic (exact) mass is 208 g/mol. The number of rotatable bonds is 7. The number of hydrogen-bond donors (Lipinski definition) is 0. The normalized spacial score (nSPS) is 10.9. The van der Waals surface area contributed by atoms with Crippen LogP contribution in [0.4, 0.5) is 0 Å². The molecule has 1 aromatic rings. The molecule has 0 bridgehead atoms. The standard InChI is InChI=1S/C11H16O2Si/c1-2-14-13-9-8-12-10-11-6-4-3-5-7-11/h2-7H,1,8-10,14H2. The van der Waals surface area contributed by atoms with E-state index in [9.17, 15) is 0 Å². The first-order chi connectivity index (χ1) is 6.93. The van der Waals surface area contributed by atoms with Crippen molar-refractivity contribution in [1.29, 1.82) is 0 Å². The maximum absolute atomic E-state index is 5.43. The van der Waals surface area contributed by atoms with E-state index in [1.807, 2.05) is 23.9 Å². The largest absolute Gasteiger partial charge is 0.417 e. The SMILES string of the molecule is C=C[SiH2]OCCOCc1ccccc1. The Morgan fingerprint density at radius 1 is 1.21 bits per heavy atom. The molecular weight excluding hydrogens is 192 g/mol. The molecule has 0 aromatic heterocycles. The zero-order chi connectivity index (χ0) is 10.1. The summed E-state index contributed by atoms with van der Waals surface area (Å²) in [6.07, 6.45) is 0. The third-order valence-electron chi connectivity index (χ3n) is 1.72. The molecule has 0 amide bonds. The Balaban J connectivity index is 2.02. The summed E-state index contributed by atoms with van der Waals surface area (Å²) in [6.45, 7) is 5.64. The van der Waals surface area contributed by atoms with Gasteiger partial charge in [-0.3, -0.25) is 0 Å². The molecule has 76 valence electrons. The van der Waals surface area contributed by atoms with E-state index >= 15 is 0 Å². The summed E-state index contributed by atoms with van der Waals surface area (Å²) in [5.41, 5.74) is 3.07. The lowest BCUT2D eigenvalue weighted by Crippen LogP contribution is -2.05. The molecule has 0 aliphatic rings. The van der Waals surface area contributed by atoms with Crippen molar-refractivity contribution in [3.05, 3.63) is 48.2 Å². The Morgan fingerprint density at radius 3 is 2.71 bits per heavy atom. The van der Waals surface area contributed by atoms with Crippen LogP contribution >= 0.6 is 0 Å². The fourth-order valence-electron chi connectivity index (χ4n) is 1.05. The minimum Gasteiger partial charge on any atom is -0.417 e. The first kappa shape index (κ1) is 11.2. The predicted molar refractivity (Wildman–Crippen MR) is 60.8 cm³/mol. The third-order valence-corrected chi connectivity index (χ3v) is 2.48. The van der Waals surface area contributed by atoms with Crippen LogP contribution in [-0.4, -0.2) is 23.0 Å². The molecule has 0 aliphatic carbocycles. The second-order valence-electron chi connectivity index (χ2n) is 2.90. The highest BCUT2D eigenvalue weighted by molar-refractivity contribution is 6.33. The van der Waals surface area contributed by atoms with E-state index in [1.54, 1.807) is 0 Å². The van der Waals surface area contributed by atoms with Gasteiger partial charge in [0, 0.05) is 0 Å². The average Bonchev–Trinajstić information content (AvgIpc) is 2.25.